The molecule has 1 unspecified atom stereocenters. The summed E-state index contributed by atoms with van der Waals surface area (Å²) >= 11 is 4.94. The van der Waals surface area contributed by atoms with E-state index < -0.39 is 0 Å². The van der Waals surface area contributed by atoms with E-state index in [0.717, 1.165) is 34.0 Å². The van der Waals surface area contributed by atoms with Crippen LogP contribution in [0.3, 0.4) is 0 Å². The zero-order valence-electron chi connectivity index (χ0n) is 17.5. The molecule has 2 aromatic carbocycles. The number of rotatable bonds is 9. The number of aromatic nitrogens is 3. The second-order valence-electron chi connectivity index (χ2n) is 7.60. The molecule has 0 saturated heterocycles. The average molecular weight is 487 g/mol. The van der Waals surface area contributed by atoms with Crippen LogP contribution >= 0.6 is 27.7 Å². The highest BCUT2D eigenvalue weighted by Gasteiger charge is 2.21. The molecule has 1 heterocycles. The number of amides is 1. The highest BCUT2D eigenvalue weighted by atomic mass is 79.9. The molecule has 1 N–H and O–H groups in total. The van der Waals surface area contributed by atoms with Gasteiger partial charge in [0.15, 0.2) is 11.0 Å². The number of aryl methyl sites for hydroxylation is 1. The number of nitrogens with one attached hydrogen (secondary N) is 1. The maximum atomic E-state index is 12.5. The van der Waals surface area contributed by atoms with E-state index in [9.17, 15) is 4.79 Å². The summed E-state index contributed by atoms with van der Waals surface area (Å²) < 4.78 is 3.14. The van der Waals surface area contributed by atoms with Crippen molar-refractivity contribution < 1.29 is 4.79 Å². The fraction of sp³-hybridized carbons (Fsp3) is 0.348. The standard InChI is InChI=1S/C23H27BrN4OS/c1-16(2)15-25-22(29)17(3)30-23-27-26-21(19-9-11-20(24)12-10-19)28(23)14-13-18-7-5-4-6-8-18/h4-12,16-17H,13-15H2,1-3H3,(H,25,29). The summed E-state index contributed by atoms with van der Waals surface area (Å²) in [5.41, 5.74) is 2.26. The van der Waals surface area contributed by atoms with Crippen molar-refractivity contribution in [2.75, 3.05) is 6.54 Å². The monoisotopic (exact) mass is 486 g/mol. The van der Waals surface area contributed by atoms with Crippen LogP contribution in [0, 0.1) is 5.92 Å². The predicted octanol–water partition coefficient (Wildman–Crippen LogP) is 5.20. The van der Waals surface area contributed by atoms with Gasteiger partial charge in [0.05, 0.1) is 5.25 Å². The Kier molecular flexibility index (Phi) is 8.10. The number of nitrogens with zero attached hydrogens (tertiary/aromatic N) is 3. The Morgan fingerprint density at radius 3 is 2.43 bits per heavy atom. The minimum atomic E-state index is -0.249. The number of hydrogen-bond donors (Lipinski definition) is 1. The van der Waals surface area contributed by atoms with Gasteiger partial charge in [-0.1, -0.05) is 84.0 Å². The van der Waals surface area contributed by atoms with Gasteiger partial charge in [-0.3, -0.25) is 4.79 Å². The van der Waals surface area contributed by atoms with Crippen molar-refractivity contribution in [3.05, 3.63) is 64.6 Å². The summed E-state index contributed by atoms with van der Waals surface area (Å²) in [7, 11) is 0. The third kappa shape index (κ3) is 6.19. The Morgan fingerprint density at radius 2 is 1.77 bits per heavy atom. The number of halogens is 1. The first kappa shape index (κ1) is 22.6. The summed E-state index contributed by atoms with van der Waals surface area (Å²) in [6.07, 6.45) is 0.865. The van der Waals surface area contributed by atoms with Crippen LogP contribution in [-0.2, 0) is 17.8 Å². The molecule has 1 amide bonds. The first-order valence-electron chi connectivity index (χ1n) is 10.1. The van der Waals surface area contributed by atoms with E-state index >= 15 is 0 Å². The second-order valence-corrected chi connectivity index (χ2v) is 9.82. The lowest BCUT2D eigenvalue weighted by atomic mass is 10.1. The number of carbonyl (C=O) groups is 1. The lowest BCUT2D eigenvalue weighted by Crippen LogP contribution is -2.33. The summed E-state index contributed by atoms with van der Waals surface area (Å²) in [4.78, 5) is 12.5. The van der Waals surface area contributed by atoms with Gasteiger partial charge in [-0.15, -0.1) is 10.2 Å². The Hall–Kier alpha value is -2.12. The van der Waals surface area contributed by atoms with Crippen molar-refractivity contribution >= 4 is 33.6 Å². The zero-order valence-corrected chi connectivity index (χ0v) is 19.9. The van der Waals surface area contributed by atoms with Gasteiger partial charge < -0.3 is 9.88 Å². The average Bonchev–Trinajstić information content (AvgIpc) is 3.14. The minimum Gasteiger partial charge on any atom is -0.355 e. The third-order valence-corrected chi connectivity index (χ3v) is 6.23. The molecule has 0 bridgehead atoms. The van der Waals surface area contributed by atoms with Gasteiger partial charge in [-0.2, -0.15) is 0 Å². The van der Waals surface area contributed by atoms with Gasteiger partial charge in [-0.25, -0.2) is 0 Å². The molecule has 30 heavy (non-hydrogen) atoms. The number of thioether (sulfide) groups is 1. The number of benzene rings is 2. The molecule has 158 valence electrons. The van der Waals surface area contributed by atoms with Crippen LogP contribution in [0.25, 0.3) is 11.4 Å². The Labute approximate surface area is 190 Å². The Morgan fingerprint density at radius 1 is 1.07 bits per heavy atom. The van der Waals surface area contributed by atoms with Crippen molar-refractivity contribution in [3.63, 3.8) is 0 Å². The number of hydrogen-bond acceptors (Lipinski definition) is 4. The molecule has 1 atom stereocenters. The zero-order chi connectivity index (χ0) is 21.5. The predicted molar refractivity (Wildman–Crippen MR) is 126 cm³/mol. The highest BCUT2D eigenvalue weighted by molar-refractivity contribution is 9.10. The van der Waals surface area contributed by atoms with Crippen molar-refractivity contribution in [2.24, 2.45) is 5.92 Å². The molecule has 0 saturated carbocycles. The van der Waals surface area contributed by atoms with Crippen LogP contribution in [-0.4, -0.2) is 32.5 Å². The van der Waals surface area contributed by atoms with Crippen LogP contribution in [0.2, 0.25) is 0 Å². The van der Waals surface area contributed by atoms with Gasteiger partial charge in [0, 0.05) is 23.1 Å². The summed E-state index contributed by atoms with van der Waals surface area (Å²) in [5.74, 6) is 1.26. The molecule has 0 radical (unpaired) electrons. The maximum absolute atomic E-state index is 12.5. The summed E-state index contributed by atoms with van der Waals surface area (Å²) in [6, 6.07) is 18.4. The molecular formula is C23H27BrN4OS. The lowest BCUT2D eigenvalue weighted by molar-refractivity contribution is -0.120. The minimum absolute atomic E-state index is 0.0245. The number of carbonyl (C=O) groups excluding carboxylic acids is 1. The first-order valence-corrected chi connectivity index (χ1v) is 11.8. The van der Waals surface area contributed by atoms with E-state index in [1.807, 2.05) is 49.4 Å². The molecule has 3 rings (SSSR count). The molecule has 1 aromatic heterocycles. The lowest BCUT2D eigenvalue weighted by Gasteiger charge is -2.15. The van der Waals surface area contributed by atoms with Crippen molar-refractivity contribution in [1.29, 1.82) is 0 Å². The molecule has 3 aromatic rings. The van der Waals surface area contributed by atoms with E-state index in [1.54, 1.807) is 0 Å². The van der Waals surface area contributed by atoms with Gasteiger partial charge in [-0.05, 0) is 37.0 Å². The van der Waals surface area contributed by atoms with Gasteiger partial charge in [0.25, 0.3) is 0 Å². The van der Waals surface area contributed by atoms with Gasteiger partial charge >= 0.3 is 0 Å². The van der Waals surface area contributed by atoms with Crippen LogP contribution in [0.1, 0.15) is 26.3 Å². The van der Waals surface area contributed by atoms with Crippen LogP contribution in [0.4, 0.5) is 0 Å². The van der Waals surface area contributed by atoms with E-state index in [0.29, 0.717) is 12.5 Å². The van der Waals surface area contributed by atoms with E-state index in [4.69, 9.17) is 0 Å². The smallest absolute Gasteiger partial charge is 0.233 e. The Balaban J connectivity index is 1.82. The molecule has 7 heteroatoms. The quantitative estimate of drug-likeness (QED) is 0.422. The molecule has 5 nitrogen and oxygen atoms in total. The third-order valence-electron chi connectivity index (χ3n) is 4.62. The van der Waals surface area contributed by atoms with E-state index in [-0.39, 0.29) is 11.2 Å². The fourth-order valence-electron chi connectivity index (χ4n) is 2.94. The molecule has 0 aliphatic rings. The molecule has 0 fully saturated rings. The fourth-order valence-corrected chi connectivity index (χ4v) is 4.10. The molecule has 0 aliphatic heterocycles. The SMILES string of the molecule is CC(C)CNC(=O)C(C)Sc1nnc(-c2ccc(Br)cc2)n1CCc1ccccc1. The summed E-state index contributed by atoms with van der Waals surface area (Å²) in [5, 5.41) is 12.4. The van der Waals surface area contributed by atoms with Gasteiger partial charge in [0.1, 0.15) is 0 Å². The summed E-state index contributed by atoms with van der Waals surface area (Å²) in [6.45, 7) is 7.50. The van der Waals surface area contributed by atoms with Crippen LogP contribution in [0.5, 0.6) is 0 Å². The van der Waals surface area contributed by atoms with E-state index in [2.05, 4.69) is 62.0 Å². The van der Waals surface area contributed by atoms with Crippen molar-refractivity contribution in [3.8, 4) is 11.4 Å². The van der Waals surface area contributed by atoms with Gasteiger partial charge in [0.2, 0.25) is 5.91 Å². The normalized spacial score (nSPS) is 12.2. The maximum Gasteiger partial charge on any atom is 0.233 e. The van der Waals surface area contributed by atoms with Crippen LogP contribution in [0.15, 0.2) is 64.2 Å². The van der Waals surface area contributed by atoms with E-state index in [1.165, 1.54) is 17.3 Å². The Bertz CT molecular complexity index is 957. The molecule has 0 spiro atoms. The van der Waals surface area contributed by atoms with Crippen LogP contribution < -0.4 is 5.32 Å². The highest BCUT2D eigenvalue weighted by Crippen LogP contribution is 2.28. The van der Waals surface area contributed by atoms with Crippen molar-refractivity contribution in [2.45, 2.75) is 44.1 Å². The second kappa shape index (κ2) is 10.8. The molecule has 0 aliphatic carbocycles. The largest absolute Gasteiger partial charge is 0.355 e. The molecular weight excluding hydrogens is 460 g/mol. The van der Waals surface area contributed by atoms with Crippen molar-refractivity contribution in [1.82, 2.24) is 20.1 Å². The topological polar surface area (TPSA) is 59.8 Å². The first-order chi connectivity index (χ1) is 14.4.